The number of carbonyl (C=O) groups excluding carboxylic acids is 6. The Balaban J connectivity index is 0.00000571. The van der Waals surface area contributed by atoms with Crippen molar-refractivity contribution in [2.75, 3.05) is 19.6 Å². The Morgan fingerprint density at radius 2 is 1.34 bits per heavy atom. The number of carboxylic acids is 1. The zero-order valence-corrected chi connectivity index (χ0v) is 33.4. The summed E-state index contributed by atoms with van der Waals surface area (Å²) in [4.78, 5) is 94.4. The fraction of sp³-hybridized carbons (Fsp3) is 0.500. The maximum atomic E-state index is 14.1. The molecule has 11 N–H and O–H groups in total. The van der Waals surface area contributed by atoms with Crippen molar-refractivity contribution < 1.29 is 43.8 Å². The second-order valence-electron chi connectivity index (χ2n) is 13.3. The molecule has 0 radical (unpaired) electrons. The van der Waals surface area contributed by atoms with Crippen LogP contribution in [0.5, 0.6) is 0 Å². The predicted octanol–water partition coefficient (Wildman–Crippen LogP) is -0.477. The number of nitrogens with two attached hydrogens (primary N) is 1. The first kappa shape index (κ1) is 48.3. The van der Waals surface area contributed by atoms with Crippen molar-refractivity contribution in [1.82, 2.24) is 37.2 Å². The van der Waals surface area contributed by atoms with Crippen LogP contribution in [0.3, 0.4) is 0 Å². The minimum absolute atomic E-state index is 0.0173. The molecular weight excluding hydrogens is 750 g/mol. The zero-order chi connectivity index (χ0) is 42.9. The van der Waals surface area contributed by atoms with Gasteiger partial charge in [0.2, 0.25) is 35.4 Å². The minimum Gasteiger partial charge on any atom is -0.481 e. The molecule has 2 aromatic carbocycles. The van der Waals surface area contributed by atoms with Crippen LogP contribution in [-0.4, -0.2) is 108 Å². The molecule has 1 heterocycles. The van der Waals surface area contributed by atoms with Crippen molar-refractivity contribution in [3.05, 3.63) is 71.3 Å². The monoisotopic (exact) mass is 809 g/mol. The van der Waals surface area contributed by atoms with Crippen molar-refractivity contribution in [2.24, 2.45) is 10.7 Å². The number of amides is 6. The van der Waals surface area contributed by atoms with Crippen molar-refractivity contribution in [2.45, 2.75) is 109 Å². The molecule has 1 fully saturated rings. The normalized spacial score (nSPS) is 20.4. The smallest absolute Gasteiger partial charge is 0.305 e. The van der Waals surface area contributed by atoms with Gasteiger partial charge >= 0.3 is 5.97 Å². The molecule has 6 amide bonds. The van der Waals surface area contributed by atoms with Crippen molar-refractivity contribution >= 4 is 47.8 Å². The van der Waals surface area contributed by atoms with Crippen LogP contribution in [0.4, 0.5) is 0 Å². The van der Waals surface area contributed by atoms with E-state index in [9.17, 15) is 43.8 Å². The Hall–Kier alpha value is -5.88. The van der Waals surface area contributed by atoms with Crippen LogP contribution in [0.2, 0.25) is 0 Å². The molecule has 318 valence electrons. The Kier molecular flexibility index (Phi) is 22.4. The third-order valence-electron chi connectivity index (χ3n) is 8.76. The molecule has 1 aliphatic rings. The standard InChI is InChI=1S/C38H53N9O9.C2H6/c1-2-16-41-31(48)14-15-32(49)42-21-26-12-10-25(11-13-26)19-29-37(55)46-28(18-24-7-4-3-5-8-24)38(56)47-30(20-34(51)52)35(53)43-22-33(50)44-27(36(54)45-29)9-6-17-40-23-39;1-2/h3-5,7-8,10-13,23,27-30,35,43,53H,2,6,9,14-22H2,1H3,(H2,39,40)(H,41,48)(H,42,49)(H,44,50)(H,45,54)(H,46,55)(H,47,56)(H,51,52);1-2H3. The average Bonchev–Trinajstić information content (AvgIpc) is 3.21. The molecule has 0 bridgehead atoms. The van der Waals surface area contributed by atoms with Gasteiger partial charge in [-0.25, -0.2) is 0 Å². The minimum atomic E-state index is -1.69. The second kappa shape index (κ2) is 26.9. The van der Waals surface area contributed by atoms with Gasteiger partial charge in [-0.3, -0.25) is 43.9 Å². The Morgan fingerprint density at radius 1 is 0.793 bits per heavy atom. The van der Waals surface area contributed by atoms with Gasteiger partial charge in [-0.2, -0.15) is 0 Å². The molecule has 18 nitrogen and oxygen atoms in total. The van der Waals surface area contributed by atoms with E-state index in [1.165, 1.54) is 0 Å². The van der Waals surface area contributed by atoms with Crippen LogP contribution in [0.1, 0.15) is 76.0 Å². The van der Waals surface area contributed by atoms with Gasteiger partial charge in [0.25, 0.3) is 0 Å². The number of aliphatic hydroxyl groups excluding tert-OH is 1. The van der Waals surface area contributed by atoms with E-state index in [-0.39, 0.29) is 57.0 Å². The number of benzene rings is 2. The largest absolute Gasteiger partial charge is 0.481 e. The molecule has 58 heavy (non-hydrogen) atoms. The Labute approximate surface area is 339 Å². The molecule has 3 rings (SSSR count). The number of carbonyl (C=O) groups is 7. The second-order valence-corrected chi connectivity index (χ2v) is 13.3. The highest BCUT2D eigenvalue weighted by molar-refractivity contribution is 5.95. The molecule has 0 saturated carbocycles. The third-order valence-corrected chi connectivity index (χ3v) is 8.76. The molecule has 5 atom stereocenters. The SMILES string of the molecule is CC.CCCNC(=O)CCC(=O)NCc1ccc(CC2NC(=O)C(CCCN=CN)NC(=O)CNC(O)C(CC(=O)O)NC(=O)C(Cc3ccccc3)NC2=O)cc1. The van der Waals surface area contributed by atoms with Crippen LogP contribution >= 0.6 is 0 Å². The number of nitrogens with one attached hydrogen (secondary N) is 7. The number of aliphatic imine (C=N–C) groups is 1. The first-order chi connectivity index (χ1) is 27.9. The molecule has 2 aromatic rings. The van der Waals surface area contributed by atoms with Gasteiger partial charge in [0.05, 0.1) is 25.3 Å². The lowest BCUT2D eigenvalue weighted by Gasteiger charge is -2.27. The van der Waals surface area contributed by atoms with Crippen LogP contribution in [0.15, 0.2) is 59.6 Å². The van der Waals surface area contributed by atoms with Gasteiger partial charge in [-0.15, -0.1) is 0 Å². The van der Waals surface area contributed by atoms with Crippen LogP contribution in [0.25, 0.3) is 0 Å². The maximum Gasteiger partial charge on any atom is 0.305 e. The summed E-state index contributed by atoms with van der Waals surface area (Å²) in [6.45, 7) is 6.39. The Morgan fingerprint density at radius 3 is 1.93 bits per heavy atom. The lowest BCUT2D eigenvalue weighted by Crippen LogP contribution is -2.59. The van der Waals surface area contributed by atoms with E-state index in [4.69, 9.17) is 5.73 Å². The van der Waals surface area contributed by atoms with Crippen LogP contribution < -0.4 is 43.0 Å². The van der Waals surface area contributed by atoms with Gasteiger partial charge in [0, 0.05) is 45.3 Å². The number of hydrogen-bond acceptors (Lipinski definition) is 10. The highest BCUT2D eigenvalue weighted by Crippen LogP contribution is 2.12. The van der Waals surface area contributed by atoms with Gasteiger partial charge in [-0.1, -0.05) is 75.4 Å². The lowest BCUT2D eigenvalue weighted by atomic mass is 10.0. The molecular formula is C40H59N9O9. The van der Waals surface area contributed by atoms with Gasteiger partial charge in [0.1, 0.15) is 24.4 Å². The number of carboxylic acid groups (broad SMARTS) is 1. The third kappa shape index (κ3) is 18.4. The van der Waals surface area contributed by atoms with E-state index in [1.807, 2.05) is 20.8 Å². The summed E-state index contributed by atoms with van der Waals surface area (Å²) in [5.74, 6) is -4.78. The predicted molar refractivity (Wildman–Crippen MR) is 217 cm³/mol. The molecule has 18 heteroatoms. The number of hydrogen-bond donors (Lipinski definition) is 10. The zero-order valence-electron chi connectivity index (χ0n) is 33.4. The summed E-state index contributed by atoms with van der Waals surface area (Å²) in [7, 11) is 0. The first-order valence-corrected chi connectivity index (χ1v) is 19.6. The Bertz CT molecular complexity index is 1660. The van der Waals surface area contributed by atoms with Gasteiger partial charge in [0.15, 0.2) is 0 Å². The molecule has 0 aliphatic carbocycles. The highest BCUT2D eigenvalue weighted by Gasteiger charge is 2.33. The van der Waals surface area contributed by atoms with Gasteiger partial charge in [-0.05, 0) is 36.0 Å². The van der Waals surface area contributed by atoms with Crippen LogP contribution in [-0.2, 0) is 52.9 Å². The fourth-order valence-electron chi connectivity index (χ4n) is 5.74. The summed E-state index contributed by atoms with van der Waals surface area (Å²) < 4.78 is 0. The van der Waals surface area contributed by atoms with E-state index in [1.54, 1.807) is 54.6 Å². The number of aliphatic carboxylic acids is 1. The summed E-state index contributed by atoms with van der Waals surface area (Å²) in [5, 5.41) is 38.9. The number of nitrogens with zero attached hydrogens (tertiary/aromatic N) is 1. The summed E-state index contributed by atoms with van der Waals surface area (Å²) >= 11 is 0. The number of aliphatic hydroxyl groups is 1. The van der Waals surface area contributed by atoms with Crippen molar-refractivity contribution in [1.29, 1.82) is 0 Å². The highest BCUT2D eigenvalue weighted by atomic mass is 16.4. The summed E-state index contributed by atoms with van der Waals surface area (Å²) in [5.41, 5.74) is 7.36. The fourth-order valence-corrected chi connectivity index (χ4v) is 5.74. The first-order valence-electron chi connectivity index (χ1n) is 19.6. The molecule has 1 aliphatic heterocycles. The number of rotatable bonds is 17. The summed E-state index contributed by atoms with van der Waals surface area (Å²) in [6.07, 6.45) is -0.00860. The topological polar surface area (TPSA) is 283 Å². The molecule has 0 aromatic heterocycles. The quantitative estimate of drug-likeness (QED) is 0.0554. The van der Waals surface area contributed by atoms with E-state index in [0.717, 1.165) is 18.3 Å². The average molecular weight is 810 g/mol. The van der Waals surface area contributed by atoms with E-state index in [0.29, 0.717) is 24.1 Å². The van der Waals surface area contributed by atoms with Crippen molar-refractivity contribution in [3.8, 4) is 0 Å². The van der Waals surface area contributed by atoms with E-state index in [2.05, 4.69) is 42.2 Å². The van der Waals surface area contributed by atoms with E-state index < -0.39 is 73.0 Å². The molecule has 5 unspecified atom stereocenters. The van der Waals surface area contributed by atoms with Crippen LogP contribution in [0, 0.1) is 0 Å². The molecule has 0 spiro atoms. The maximum absolute atomic E-state index is 14.1. The van der Waals surface area contributed by atoms with E-state index >= 15 is 0 Å². The summed E-state index contributed by atoms with van der Waals surface area (Å²) in [6, 6.07) is 10.6. The van der Waals surface area contributed by atoms with Gasteiger partial charge < -0.3 is 47.8 Å². The molecule has 1 saturated heterocycles. The lowest BCUT2D eigenvalue weighted by molar-refractivity contribution is -0.139. The van der Waals surface area contributed by atoms with Crippen molar-refractivity contribution in [3.63, 3.8) is 0 Å².